The van der Waals surface area contributed by atoms with Gasteiger partial charge in [-0.15, -0.1) is 0 Å². The molecule has 0 aromatic heterocycles. The number of rotatable bonds is 2. The Morgan fingerprint density at radius 2 is 2.06 bits per heavy atom. The van der Waals surface area contributed by atoms with E-state index in [1.54, 1.807) is 0 Å². The molecule has 1 aliphatic heterocycles. The van der Waals surface area contributed by atoms with E-state index in [0.29, 0.717) is 11.8 Å². The molecule has 0 unspecified atom stereocenters. The van der Waals surface area contributed by atoms with Crippen LogP contribution in [-0.4, -0.2) is 36.1 Å². The highest BCUT2D eigenvalue weighted by Crippen LogP contribution is 2.47. The van der Waals surface area contributed by atoms with E-state index >= 15 is 0 Å². The van der Waals surface area contributed by atoms with Gasteiger partial charge in [-0.1, -0.05) is 13.8 Å². The molecule has 1 heterocycles. The Labute approximate surface area is 104 Å². The van der Waals surface area contributed by atoms with Crippen LogP contribution in [0.5, 0.6) is 0 Å². The Hall–Kier alpha value is -0.570. The van der Waals surface area contributed by atoms with Gasteiger partial charge in [0.2, 0.25) is 5.91 Å². The fourth-order valence-electron chi connectivity index (χ4n) is 3.28. The van der Waals surface area contributed by atoms with E-state index in [1.165, 1.54) is 19.3 Å². The Morgan fingerprint density at radius 1 is 1.35 bits per heavy atom. The summed E-state index contributed by atoms with van der Waals surface area (Å²) in [5.74, 6) is 0.977. The van der Waals surface area contributed by atoms with Gasteiger partial charge < -0.3 is 9.64 Å². The molecule has 3 fully saturated rings. The third-order valence-corrected chi connectivity index (χ3v) is 4.95. The van der Waals surface area contributed by atoms with Crippen molar-refractivity contribution in [3.8, 4) is 0 Å². The molecule has 0 radical (unpaired) electrons. The first-order chi connectivity index (χ1) is 8.04. The summed E-state index contributed by atoms with van der Waals surface area (Å²) >= 11 is 0. The molecule has 3 rings (SSSR count). The van der Waals surface area contributed by atoms with Crippen molar-refractivity contribution in [2.45, 2.75) is 51.6 Å². The molecule has 1 amide bonds. The normalized spacial score (nSPS) is 28.0. The topological polar surface area (TPSA) is 29.5 Å². The molecule has 0 bridgehead atoms. The van der Waals surface area contributed by atoms with Gasteiger partial charge in [0.15, 0.2) is 0 Å². The third-order valence-electron chi connectivity index (χ3n) is 4.95. The summed E-state index contributed by atoms with van der Waals surface area (Å²) in [5, 5.41) is 0. The van der Waals surface area contributed by atoms with Gasteiger partial charge in [0.05, 0.1) is 12.2 Å². The average Bonchev–Trinajstić information content (AvgIpc) is 3.10. The highest BCUT2D eigenvalue weighted by Gasteiger charge is 2.49. The maximum absolute atomic E-state index is 12.6. The van der Waals surface area contributed by atoms with E-state index in [9.17, 15) is 4.79 Å². The summed E-state index contributed by atoms with van der Waals surface area (Å²) in [5.41, 5.74) is -0.115. The van der Waals surface area contributed by atoms with Crippen LogP contribution in [0.4, 0.5) is 0 Å². The van der Waals surface area contributed by atoms with Crippen LogP contribution < -0.4 is 0 Å². The maximum Gasteiger partial charge on any atom is 0.228 e. The summed E-state index contributed by atoms with van der Waals surface area (Å²) in [6.45, 7) is 6.59. The number of morpholine rings is 1. The zero-order valence-corrected chi connectivity index (χ0v) is 11.0. The molecular weight excluding hydrogens is 214 g/mol. The summed E-state index contributed by atoms with van der Waals surface area (Å²) in [6, 6.07) is 0. The van der Waals surface area contributed by atoms with Gasteiger partial charge in [-0.25, -0.2) is 0 Å². The van der Waals surface area contributed by atoms with Crippen LogP contribution >= 0.6 is 0 Å². The lowest BCUT2D eigenvalue weighted by atomic mass is 9.78. The van der Waals surface area contributed by atoms with Crippen LogP contribution in [0.1, 0.15) is 46.0 Å². The monoisotopic (exact) mass is 237 g/mol. The van der Waals surface area contributed by atoms with Gasteiger partial charge in [0, 0.05) is 18.5 Å². The molecule has 96 valence electrons. The van der Waals surface area contributed by atoms with Crippen LogP contribution in [0.2, 0.25) is 0 Å². The molecule has 17 heavy (non-hydrogen) atoms. The molecule has 0 atom stereocenters. The summed E-state index contributed by atoms with van der Waals surface area (Å²) in [4.78, 5) is 14.7. The molecule has 3 nitrogen and oxygen atoms in total. The minimum Gasteiger partial charge on any atom is -0.371 e. The molecule has 0 aromatic carbocycles. The zero-order valence-electron chi connectivity index (χ0n) is 11.0. The Balaban J connectivity index is 1.69. The number of amides is 1. The predicted molar refractivity (Wildman–Crippen MR) is 65.6 cm³/mol. The highest BCUT2D eigenvalue weighted by atomic mass is 16.5. The Kier molecular flexibility index (Phi) is 2.51. The van der Waals surface area contributed by atoms with Gasteiger partial charge in [-0.3, -0.25) is 4.79 Å². The van der Waals surface area contributed by atoms with E-state index < -0.39 is 0 Å². The molecule has 2 aliphatic carbocycles. The van der Waals surface area contributed by atoms with Gasteiger partial charge in [-0.05, 0) is 38.0 Å². The quantitative estimate of drug-likeness (QED) is 0.737. The van der Waals surface area contributed by atoms with Crippen molar-refractivity contribution >= 4 is 5.91 Å². The van der Waals surface area contributed by atoms with Crippen molar-refractivity contribution in [1.29, 1.82) is 0 Å². The fourth-order valence-corrected chi connectivity index (χ4v) is 3.28. The van der Waals surface area contributed by atoms with E-state index in [-0.39, 0.29) is 11.0 Å². The number of hydrogen-bond acceptors (Lipinski definition) is 2. The molecular formula is C14H23NO2. The third kappa shape index (κ3) is 1.88. The van der Waals surface area contributed by atoms with Crippen molar-refractivity contribution in [1.82, 2.24) is 4.90 Å². The van der Waals surface area contributed by atoms with E-state index in [2.05, 4.69) is 18.7 Å². The Morgan fingerprint density at radius 3 is 2.59 bits per heavy atom. The first kappa shape index (κ1) is 11.5. The maximum atomic E-state index is 12.6. The number of carbonyl (C=O) groups is 1. The highest BCUT2D eigenvalue weighted by molar-refractivity contribution is 5.82. The average molecular weight is 237 g/mol. The number of carbonyl (C=O) groups excluding carboxylic acids is 1. The molecule has 3 aliphatic rings. The van der Waals surface area contributed by atoms with Crippen molar-refractivity contribution in [2.24, 2.45) is 11.3 Å². The van der Waals surface area contributed by atoms with Crippen LogP contribution in [0.25, 0.3) is 0 Å². The largest absolute Gasteiger partial charge is 0.371 e. The molecule has 1 saturated heterocycles. The minimum atomic E-state index is -0.151. The van der Waals surface area contributed by atoms with Crippen LogP contribution in [0.15, 0.2) is 0 Å². The standard InChI is InChI=1S/C14H23NO2/c1-13(2,11-4-5-11)12(16)15-8-9-17-14(10-15)6-3-7-14/h11H,3-10H2,1-2H3. The lowest BCUT2D eigenvalue weighted by Gasteiger charge is -2.49. The second-order valence-electron chi connectivity index (χ2n) is 6.61. The van der Waals surface area contributed by atoms with Crippen molar-refractivity contribution in [2.75, 3.05) is 19.7 Å². The number of nitrogens with zero attached hydrogens (tertiary/aromatic N) is 1. The van der Waals surface area contributed by atoms with Crippen LogP contribution in [-0.2, 0) is 9.53 Å². The Bertz CT molecular complexity index is 329. The van der Waals surface area contributed by atoms with Crippen molar-refractivity contribution in [3.05, 3.63) is 0 Å². The van der Waals surface area contributed by atoms with Crippen LogP contribution in [0.3, 0.4) is 0 Å². The van der Waals surface area contributed by atoms with Gasteiger partial charge >= 0.3 is 0 Å². The fraction of sp³-hybridized carbons (Fsp3) is 0.929. The van der Waals surface area contributed by atoms with Crippen LogP contribution in [0, 0.1) is 11.3 Å². The molecule has 0 N–H and O–H groups in total. The SMILES string of the molecule is CC(C)(C(=O)N1CCOC2(CCC2)C1)C1CC1. The molecule has 1 spiro atoms. The summed E-state index contributed by atoms with van der Waals surface area (Å²) < 4.78 is 5.88. The minimum absolute atomic E-state index is 0.0353. The number of ether oxygens (including phenoxy) is 1. The second-order valence-corrected chi connectivity index (χ2v) is 6.61. The lowest BCUT2D eigenvalue weighted by molar-refractivity contribution is -0.174. The van der Waals surface area contributed by atoms with E-state index in [0.717, 1.165) is 32.5 Å². The molecule has 0 aromatic rings. The summed E-state index contributed by atoms with van der Waals surface area (Å²) in [7, 11) is 0. The zero-order chi connectivity index (χ0) is 12.1. The molecule has 3 heteroatoms. The first-order valence-corrected chi connectivity index (χ1v) is 6.97. The first-order valence-electron chi connectivity index (χ1n) is 6.97. The van der Waals surface area contributed by atoms with Gasteiger partial charge in [0.25, 0.3) is 0 Å². The van der Waals surface area contributed by atoms with Gasteiger partial charge in [-0.2, -0.15) is 0 Å². The van der Waals surface area contributed by atoms with Gasteiger partial charge in [0.1, 0.15) is 0 Å². The summed E-state index contributed by atoms with van der Waals surface area (Å²) in [6.07, 6.45) is 6.00. The second kappa shape index (κ2) is 3.71. The smallest absolute Gasteiger partial charge is 0.228 e. The van der Waals surface area contributed by atoms with E-state index in [4.69, 9.17) is 4.74 Å². The molecule has 2 saturated carbocycles. The van der Waals surface area contributed by atoms with Crippen molar-refractivity contribution < 1.29 is 9.53 Å². The van der Waals surface area contributed by atoms with E-state index in [1.807, 2.05) is 0 Å². The van der Waals surface area contributed by atoms with Crippen molar-refractivity contribution in [3.63, 3.8) is 0 Å². The number of hydrogen-bond donors (Lipinski definition) is 0. The lowest BCUT2D eigenvalue weighted by Crippen LogP contribution is -2.59. The predicted octanol–water partition coefficient (Wildman–Crippen LogP) is 2.20.